The first-order chi connectivity index (χ1) is 5.79. The predicted molar refractivity (Wildman–Crippen MR) is 43.5 cm³/mol. The van der Waals surface area contributed by atoms with Gasteiger partial charge >= 0.3 is 5.97 Å². The molecule has 4 heteroatoms. The number of hydrazine groups is 1. The summed E-state index contributed by atoms with van der Waals surface area (Å²) in [4.78, 5) is 10.9. The first-order valence-electron chi connectivity index (χ1n) is 4.52. The maximum atomic E-state index is 10.9. The Morgan fingerprint density at radius 1 is 1.50 bits per heavy atom. The van der Waals surface area contributed by atoms with Crippen LogP contribution < -0.4 is 5.43 Å². The molecule has 2 aliphatic heterocycles. The Morgan fingerprint density at radius 3 is 3.08 bits per heavy atom. The number of nitrogens with one attached hydrogen (secondary N) is 1. The molecule has 2 fully saturated rings. The Balaban J connectivity index is 2.14. The third-order valence-corrected chi connectivity index (χ3v) is 2.84. The lowest BCUT2D eigenvalue weighted by Crippen LogP contribution is -2.46. The van der Waals surface area contributed by atoms with Gasteiger partial charge < -0.3 is 5.11 Å². The Labute approximate surface area is 71.5 Å². The van der Waals surface area contributed by atoms with Gasteiger partial charge in [0.05, 0.1) is 0 Å². The molecule has 0 aliphatic carbocycles. The number of fused-ring (bicyclic) bond motifs is 2. The summed E-state index contributed by atoms with van der Waals surface area (Å²) < 4.78 is 0. The van der Waals surface area contributed by atoms with Crippen LogP contribution in [0, 0.1) is 5.92 Å². The van der Waals surface area contributed by atoms with E-state index in [1.54, 1.807) is 0 Å². The lowest BCUT2D eigenvalue weighted by molar-refractivity contribution is -0.144. The van der Waals surface area contributed by atoms with Gasteiger partial charge in [0, 0.05) is 13.1 Å². The molecule has 2 heterocycles. The van der Waals surface area contributed by atoms with E-state index in [4.69, 9.17) is 5.11 Å². The molecule has 68 valence electrons. The fraction of sp³-hybridized carbons (Fsp3) is 0.875. The van der Waals surface area contributed by atoms with Crippen molar-refractivity contribution in [2.24, 2.45) is 5.92 Å². The van der Waals surface area contributed by atoms with Crippen molar-refractivity contribution in [3.05, 3.63) is 0 Å². The molecule has 0 saturated carbocycles. The molecule has 4 nitrogen and oxygen atoms in total. The summed E-state index contributed by atoms with van der Waals surface area (Å²) >= 11 is 0. The van der Waals surface area contributed by atoms with Crippen molar-refractivity contribution >= 4 is 5.97 Å². The van der Waals surface area contributed by atoms with E-state index in [2.05, 4.69) is 5.43 Å². The van der Waals surface area contributed by atoms with Gasteiger partial charge in [0.15, 0.2) is 0 Å². The van der Waals surface area contributed by atoms with Gasteiger partial charge in [0.25, 0.3) is 0 Å². The monoisotopic (exact) mass is 170 g/mol. The van der Waals surface area contributed by atoms with E-state index in [0.29, 0.717) is 5.92 Å². The number of rotatable bonds is 1. The number of carboxylic acids is 1. The van der Waals surface area contributed by atoms with Crippen LogP contribution in [-0.4, -0.2) is 35.2 Å². The molecule has 2 bridgehead atoms. The average molecular weight is 170 g/mol. The summed E-state index contributed by atoms with van der Waals surface area (Å²) in [6.07, 6.45) is 3.19. The molecule has 2 rings (SSSR count). The van der Waals surface area contributed by atoms with Gasteiger partial charge in [-0.1, -0.05) is 0 Å². The molecule has 0 aromatic carbocycles. The van der Waals surface area contributed by atoms with Gasteiger partial charge in [-0.05, 0) is 25.2 Å². The van der Waals surface area contributed by atoms with Crippen LogP contribution in [0.1, 0.15) is 19.3 Å². The van der Waals surface area contributed by atoms with Crippen molar-refractivity contribution in [3.63, 3.8) is 0 Å². The smallest absolute Gasteiger partial charge is 0.322 e. The second kappa shape index (κ2) is 3.03. The van der Waals surface area contributed by atoms with E-state index in [1.807, 2.05) is 5.01 Å². The molecule has 3 unspecified atom stereocenters. The Bertz CT molecular complexity index is 181. The lowest BCUT2D eigenvalue weighted by Gasteiger charge is -2.21. The number of hydrogen-bond donors (Lipinski definition) is 2. The van der Waals surface area contributed by atoms with E-state index in [9.17, 15) is 4.79 Å². The topological polar surface area (TPSA) is 52.6 Å². The van der Waals surface area contributed by atoms with E-state index in [1.165, 1.54) is 0 Å². The van der Waals surface area contributed by atoms with Crippen LogP contribution >= 0.6 is 0 Å². The second-order valence-corrected chi connectivity index (χ2v) is 3.58. The lowest BCUT2D eigenvalue weighted by atomic mass is 9.96. The number of carbonyl (C=O) groups is 1. The van der Waals surface area contributed by atoms with Crippen molar-refractivity contribution in [2.75, 3.05) is 13.1 Å². The fourth-order valence-corrected chi connectivity index (χ4v) is 2.26. The van der Waals surface area contributed by atoms with Crippen LogP contribution in [0.5, 0.6) is 0 Å². The number of nitrogens with zero attached hydrogens (tertiary/aromatic N) is 1. The normalized spacial score (nSPS) is 40.8. The largest absolute Gasteiger partial charge is 0.480 e. The van der Waals surface area contributed by atoms with Gasteiger partial charge in [0.2, 0.25) is 0 Å². The Kier molecular flexibility index (Phi) is 2.02. The van der Waals surface area contributed by atoms with Crippen LogP contribution in [0.3, 0.4) is 0 Å². The highest BCUT2D eigenvalue weighted by Crippen LogP contribution is 2.28. The Hall–Kier alpha value is -0.610. The molecule has 0 radical (unpaired) electrons. The Morgan fingerprint density at radius 2 is 2.33 bits per heavy atom. The maximum Gasteiger partial charge on any atom is 0.322 e. The van der Waals surface area contributed by atoms with Gasteiger partial charge in [-0.25, -0.2) is 5.01 Å². The third-order valence-electron chi connectivity index (χ3n) is 2.84. The molecular formula is C8H14N2O2. The number of aliphatic carboxylic acids is 1. The molecule has 0 aromatic heterocycles. The van der Waals surface area contributed by atoms with Crippen molar-refractivity contribution in [1.82, 2.24) is 10.4 Å². The molecule has 0 amide bonds. The number of hydrogen-bond acceptors (Lipinski definition) is 3. The highest BCUT2D eigenvalue weighted by atomic mass is 16.4. The molecule has 12 heavy (non-hydrogen) atoms. The van der Waals surface area contributed by atoms with Crippen LogP contribution in [0.2, 0.25) is 0 Å². The zero-order chi connectivity index (χ0) is 8.55. The maximum absolute atomic E-state index is 10.9. The third kappa shape index (κ3) is 1.21. The highest BCUT2D eigenvalue weighted by molar-refractivity contribution is 5.74. The van der Waals surface area contributed by atoms with E-state index >= 15 is 0 Å². The molecule has 2 saturated heterocycles. The van der Waals surface area contributed by atoms with Crippen molar-refractivity contribution < 1.29 is 9.90 Å². The summed E-state index contributed by atoms with van der Waals surface area (Å²) in [5.41, 5.74) is 3.16. The van der Waals surface area contributed by atoms with Crippen LogP contribution in [-0.2, 0) is 4.79 Å². The van der Waals surface area contributed by atoms with Crippen molar-refractivity contribution in [1.29, 1.82) is 0 Å². The summed E-state index contributed by atoms with van der Waals surface area (Å²) in [6, 6.07) is -0.271. The zero-order valence-electron chi connectivity index (χ0n) is 6.99. The van der Waals surface area contributed by atoms with E-state index < -0.39 is 5.97 Å². The fourth-order valence-electron chi connectivity index (χ4n) is 2.26. The zero-order valence-corrected chi connectivity index (χ0v) is 6.99. The summed E-state index contributed by atoms with van der Waals surface area (Å²) in [6.45, 7) is 1.82. The first kappa shape index (κ1) is 8.01. The molecular weight excluding hydrogens is 156 g/mol. The highest BCUT2D eigenvalue weighted by Gasteiger charge is 2.40. The minimum Gasteiger partial charge on any atom is -0.480 e. The van der Waals surface area contributed by atoms with Crippen LogP contribution in [0.4, 0.5) is 0 Å². The van der Waals surface area contributed by atoms with Crippen molar-refractivity contribution in [2.45, 2.75) is 25.3 Å². The van der Waals surface area contributed by atoms with Gasteiger partial charge in [-0.15, -0.1) is 0 Å². The second-order valence-electron chi connectivity index (χ2n) is 3.58. The summed E-state index contributed by atoms with van der Waals surface area (Å²) in [7, 11) is 0. The van der Waals surface area contributed by atoms with E-state index in [-0.39, 0.29) is 6.04 Å². The summed E-state index contributed by atoms with van der Waals surface area (Å²) in [5, 5.41) is 10.9. The van der Waals surface area contributed by atoms with E-state index in [0.717, 1.165) is 32.4 Å². The predicted octanol–water partition coefficient (Wildman–Crippen LogP) is 0.0599. The van der Waals surface area contributed by atoms with Gasteiger partial charge in [0.1, 0.15) is 6.04 Å². The number of carboxylic acid groups (broad SMARTS) is 1. The molecule has 0 spiro atoms. The van der Waals surface area contributed by atoms with Crippen molar-refractivity contribution in [3.8, 4) is 0 Å². The average Bonchev–Trinajstić information content (AvgIpc) is 2.24. The standard InChI is InChI=1S/C8H14N2O2/c11-8(12)7-6-2-1-4-9-10(7)5-3-6/h6-7,9H,1-5H2,(H,11,12). The molecule has 2 aliphatic rings. The molecule has 2 N–H and O–H groups in total. The summed E-state index contributed by atoms with van der Waals surface area (Å²) in [5.74, 6) is -0.301. The van der Waals surface area contributed by atoms with Crippen LogP contribution in [0.15, 0.2) is 0 Å². The van der Waals surface area contributed by atoms with Gasteiger partial charge in [-0.2, -0.15) is 0 Å². The quantitative estimate of drug-likeness (QED) is 0.584. The minimum absolute atomic E-state index is 0.271. The minimum atomic E-state index is -0.674. The van der Waals surface area contributed by atoms with Gasteiger partial charge in [-0.3, -0.25) is 10.2 Å². The molecule has 0 aromatic rings. The SMILES string of the molecule is O=C(O)C1C2CCCNN1CC2. The first-order valence-corrected chi connectivity index (χ1v) is 4.52. The van der Waals surface area contributed by atoms with Crippen LogP contribution in [0.25, 0.3) is 0 Å². The molecule has 3 atom stereocenters.